The average molecular weight is 213 g/mol. The molecule has 1 fully saturated rings. The molecule has 2 N–H and O–H groups in total. The predicted octanol–water partition coefficient (Wildman–Crippen LogP) is 2.71. The van der Waals surface area contributed by atoms with Crippen molar-refractivity contribution in [1.29, 1.82) is 0 Å². The van der Waals surface area contributed by atoms with Crippen molar-refractivity contribution in [2.75, 3.05) is 6.54 Å². The molecule has 0 aromatic rings. The minimum absolute atomic E-state index is 0.376. The van der Waals surface area contributed by atoms with Crippen LogP contribution in [-0.2, 0) is 0 Å². The Bertz CT molecular complexity index is 177. The van der Waals surface area contributed by atoms with E-state index >= 15 is 0 Å². The molecule has 0 bridgehead atoms. The van der Waals surface area contributed by atoms with Crippen LogP contribution in [0, 0.1) is 5.92 Å². The van der Waals surface area contributed by atoms with Crippen molar-refractivity contribution in [1.82, 2.24) is 5.32 Å². The van der Waals surface area contributed by atoms with Crippen molar-refractivity contribution in [3.63, 3.8) is 0 Å². The van der Waals surface area contributed by atoms with E-state index in [-0.39, 0.29) is 5.60 Å². The first kappa shape index (κ1) is 13.0. The molecule has 0 aliphatic heterocycles. The smallest absolute Gasteiger partial charge is 0.0771 e. The van der Waals surface area contributed by atoms with Crippen LogP contribution in [0.5, 0.6) is 0 Å². The van der Waals surface area contributed by atoms with Crippen molar-refractivity contribution in [2.45, 2.75) is 70.9 Å². The molecule has 0 heterocycles. The first-order valence-electron chi connectivity index (χ1n) is 6.57. The fourth-order valence-electron chi connectivity index (χ4n) is 2.49. The largest absolute Gasteiger partial charge is 0.389 e. The lowest BCUT2D eigenvalue weighted by Crippen LogP contribution is -2.50. The van der Waals surface area contributed by atoms with Crippen LogP contribution in [0.25, 0.3) is 0 Å². The summed E-state index contributed by atoms with van der Waals surface area (Å²) in [5.74, 6) is 0.726. The van der Waals surface area contributed by atoms with Gasteiger partial charge in [0.1, 0.15) is 0 Å². The Morgan fingerprint density at radius 3 is 2.40 bits per heavy atom. The van der Waals surface area contributed by atoms with E-state index < -0.39 is 0 Å². The summed E-state index contributed by atoms with van der Waals surface area (Å²) >= 11 is 0. The van der Waals surface area contributed by atoms with E-state index in [0.29, 0.717) is 6.04 Å². The molecule has 15 heavy (non-hydrogen) atoms. The number of rotatable bonds is 7. The first-order chi connectivity index (χ1) is 7.11. The van der Waals surface area contributed by atoms with E-state index in [9.17, 15) is 5.11 Å². The van der Waals surface area contributed by atoms with E-state index in [1.165, 1.54) is 19.3 Å². The molecule has 2 atom stereocenters. The standard InChI is InChI=1S/C13H27NO/c1-4-7-11(3)12(5-2)14-10-13(15)8-6-9-13/h11-12,14-15H,4-10H2,1-3H3. The van der Waals surface area contributed by atoms with Crippen LogP contribution < -0.4 is 5.32 Å². The summed E-state index contributed by atoms with van der Waals surface area (Å²) in [6.45, 7) is 7.58. The highest BCUT2D eigenvalue weighted by Crippen LogP contribution is 2.31. The SMILES string of the molecule is CCCC(C)C(CC)NCC1(O)CCC1. The first-order valence-corrected chi connectivity index (χ1v) is 6.57. The molecule has 1 saturated carbocycles. The Morgan fingerprint density at radius 1 is 1.33 bits per heavy atom. The summed E-state index contributed by atoms with van der Waals surface area (Å²) in [4.78, 5) is 0. The zero-order valence-electron chi connectivity index (χ0n) is 10.6. The second-order valence-electron chi connectivity index (χ2n) is 5.24. The van der Waals surface area contributed by atoms with Crippen LogP contribution in [0.3, 0.4) is 0 Å². The summed E-state index contributed by atoms with van der Waals surface area (Å²) in [7, 11) is 0. The van der Waals surface area contributed by atoms with E-state index in [4.69, 9.17) is 0 Å². The Morgan fingerprint density at radius 2 is 2.00 bits per heavy atom. The van der Waals surface area contributed by atoms with Gasteiger partial charge < -0.3 is 10.4 Å². The highest BCUT2D eigenvalue weighted by molar-refractivity contribution is 4.90. The van der Waals surface area contributed by atoms with E-state index in [0.717, 1.165) is 31.7 Å². The third-order valence-electron chi connectivity index (χ3n) is 3.85. The lowest BCUT2D eigenvalue weighted by atomic mass is 9.80. The van der Waals surface area contributed by atoms with Gasteiger partial charge >= 0.3 is 0 Å². The maximum atomic E-state index is 10.0. The van der Waals surface area contributed by atoms with Gasteiger partial charge in [-0.3, -0.25) is 0 Å². The van der Waals surface area contributed by atoms with Gasteiger partial charge in [-0.1, -0.05) is 27.2 Å². The van der Waals surface area contributed by atoms with Gasteiger partial charge in [-0.15, -0.1) is 0 Å². The Labute approximate surface area is 94.5 Å². The fourth-order valence-corrected chi connectivity index (χ4v) is 2.49. The van der Waals surface area contributed by atoms with Gasteiger partial charge in [-0.25, -0.2) is 0 Å². The second-order valence-corrected chi connectivity index (χ2v) is 5.24. The summed E-state index contributed by atoms with van der Waals surface area (Å²) in [5, 5.41) is 13.6. The van der Waals surface area contributed by atoms with E-state index in [2.05, 4.69) is 26.1 Å². The maximum absolute atomic E-state index is 10.0. The molecule has 1 rings (SSSR count). The second kappa shape index (κ2) is 5.86. The molecule has 2 nitrogen and oxygen atoms in total. The van der Waals surface area contributed by atoms with Crippen molar-refractivity contribution in [2.24, 2.45) is 5.92 Å². The molecule has 1 aliphatic carbocycles. The fraction of sp³-hybridized carbons (Fsp3) is 1.00. The predicted molar refractivity (Wildman–Crippen MR) is 65.0 cm³/mol. The molecule has 0 saturated heterocycles. The maximum Gasteiger partial charge on any atom is 0.0771 e. The van der Waals surface area contributed by atoms with Gasteiger partial charge in [0.2, 0.25) is 0 Å². The third-order valence-corrected chi connectivity index (χ3v) is 3.85. The molecular formula is C13H27NO. The van der Waals surface area contributed by atoms with Crippen LogP contribution in [0.4, 0.5) is 0 Å². The summed E-state index contributed by atoms with van der Waals surface area (Å²) in [6, 6.07) is 0.578. The van der Waals surface area contributed by atoms with Gasteiger partial charge in [0, 0.05) is 12.6 Å². The zero-order valence-corrected chi connectivity index (χ0v) is 10.6. The Balaban J connectivity index is 2.26. The van der Waals surface area contributed by atoms with Gasteiger partial charge in [0.05, 0.1) is 5.60 Å². The highest BCUT2D eigenvalue weighted by atomic mass is 16.3. The van der Waals surface area contributed by atoms with Crippen molar-refractivity contribution in [3.05, 3.63) is 0 Å². The van der Waals surface area contributed by atoms with Crippen LogP contribution in [0.15, 0.2) is 0 Å². The normalized spacial score (nSPS) is 23.2. The number of aliphatic hydroxyl groups is 1. The lowest BCUT2D eigenvalue weighted by Gasteiger charge is -2.38. The Hall–Kier alpha value is -0.0800. The molecule has 0 amide bonds. The molecular weight excluding hydrogens is 186 g/mol. The van der Waals surface area contributed by atoms with Crippen molar-refractivity contribution >= 4 is 0 Å². The lowest BCUT2D eigenvalue weighted by molar-refractivity contribution is -0.0345. The van der Waals surface area contributed by atoms with Gasteiger partial charge in [-0.05, 0) is 38.0 Å². The monoisotopic (exact) mass is 213 g/mol. The molecule has 0 spiro atoms. The molecule has 2 unspecified atom stereocenters. The minimum atomic E-state index is -0.376. The van der Waals surface area contributed by atoms with E-state index in [1.54, 1.807) is 0 Å². The van der Waals surface area contributed by atoms with Crippen LogP contribution in [-0.4, -0.2) is 23.3 Å². The molecule has 2 heteroatoms. The minimum Gasteiger partial charge on any atom is -0.389 e. The highest BCUT2D eigenvalue weighted by Gasteiger charge is 2.34. The number of hydrogen-bond donors (Lipinski definition) is 2. The molecule has 90 valence electrons. The quantitative estimate of drug-likeness (QED) is 0.681. The van der Waals surface area contributed by atoms with E-state index in [1.807, 2.05) is 0 Å². The average Bonchev–Trinajstić information content (AvgIpc) is 2.16. The van der Waals surface area contributed by atoms with Crippen LogP contribution in [0.1, 0.15) is 59.3 Å². The van der Waals surface area contributed by atoms with Gasteiger partial charge in [0.15, 0.2) is 0 Å². The third kappa shape index (κ3) is 3.76. The van der Waals surface area contributed by atoms with Crippen LogP contribution in [0.2, 0.25) is 0 Å². The molecule has 1 aliphatic rings. The summed E-state index contributed by atoms with van der Waals surface area (Å²) in [6.07, 6.45) is 6.86. The van der Waals surface area contributed by atoms with Gasteiger partial charge in [-0.2, -0.15) is 0 Å². The summed E-state index contributed by atoms with van der Waals surface area (Å²) < 4.78 is 0. The molecule has 0 aromatic heterocycles. The zero-order chi connectivity index (χ0) is 11.3. The van der Waals surface area contributed by atoms with Gasteiger partial charge in [0.25, 0.3) is 0 Å². The number of hydrogen-bond acceptors (Lipinski definition) is 2. The topological polar surface area (TPSA) is 32.3 Å². The Kier molecular flexibility index (Phi) is 5.07. The van der Waals surface area contributed by atoms with Crippen molar-refractivity contribution < 1.29 is 5.11 Å². The van der Waals surface area contributed by atoms with Crippen molar-refractivity contribution in [3.8, 4) is 0 Å². The number of nitrogens with one attached hydrogen (secondary N) is 1. The summed E-state index contributed by atoms with van der Waals surface area (Å²) in [5.41, 5.74) is -0.376. The molecule has 0 aromatic carbocycles. The van der Waals surface area contributed by atoms with Crippen LogP contribution >= 0.6 is 0 Å². The molecule has 0 radical (unpaired) electrons.